The van der Waals surface area contributed by atoms with Gasteiger partial charge in [-0.25, -0.2) is 0 Å². The van der Waals surface area contributed by atoms with E-state index in [-0.39, 0.29) is 5.75 Å². The number of alkyl halides is 3. The maximum absolute atomic E-state index is 11.9. The molecule has 0 aliphatic carbocycles. The van der Waals surface area contributed by atoms with E-state index in [1.807, 2.05) is 0 Å². The van der Waals surface area contributed by atoms with Gasteiger partial charge in [-0.15, -0.1) is 0 Å². The van der Waals surface area contributed by atoms with E-state index >= 15 is 0 Å². The summed E-state index contributed by atoms with van der Waals surface area (Å²) in [5.74, 6) is -0.244. The summed E-state index contributed by atoms with van der Waals surface area (Å²) in [5.41, 5.74) is 1.17. The molecule has 0 bridgehead atoms. The van der Waals surface area contributed by atoms with E-state index < -0.39 is 6.36 Å². The van der Waals surface area contributed by atoms with Crippen LogP contribution in [0.4, 0.5) is 13.2 Å². The van der Waals surface area contributed by atoms with Gasteiger partial charge in [0.05, 0.1) is 0 Å². The summed E-state index contributed by atoms with van der Waals surface area (Å²) in [4.78, 5) is 6.94. The molecule has 1 unspecified atom stereocenters. The second-order valence-electron chi connectivity index (χ2n) is 2.85. The molecule has 1 aromatic heterocycles. The Morgan fingerprint density at radius 1 is 1.33 bits per heavy atom. The molecule has 7 heteroatoms. The summed E-state index contributed by atoms with van der Waals surface area (Å²) < 4.78 is 40.2. The summed E-state index contributed by atoms with van der Waals surface area (Å²) >= 11 is 1.28. The number of H-pyrrole nitrogens is 1. The first-order valence-electron chi connectivity index (χ1n) is 3.95. The molecule has 0 saturated heterocycles. The first-order valence-corrected chi connectivity index (χ1v) is 5.16. The van der Waals surface area contributed by atoms with E-state index in [9.17, 15) is 13.2 Å². The molecule has 0 aliphatic heterocycles. The van der Waals surface area contributed by atoms with E-state index in [0.29, 0.717) is 15.6 Å². The van der Waals surface area contributed by atoms with Gasteiger partial charge in [-0.1, -0.05) is 0 Å². The van der Waals surface area contributed by atoms with Crippen LogP contribution in [0.15, 0.2) is 18.2 Å². The fourth-order valence-corrected chi connectivity index (χ4v) is 1.82. The molecule has 0 spiro atoms. The van der Waals surface area contributed by atoms with E-state index in [2.05, 4.69) is 14.7 Å². The van der Waals surface area contributed by atoms with Crippen molar-refractivity contribution in [1.29, 1.82) is 0 Å². The molecule has 0 amide bonds. The third-order valence-electron chi connectivity index (χ3n) is 1.71. The van der Waals surface area contributed by atoms with E-state index in [0.717, 1.165) is 0 Å². The predicted octanol–water partition coefficient (Wildman–Crippen LogP) is 0.720. The molecular weight excluding hydrogens is 272 g/mol. The Bertz CT molecular complexity index is 494. The summed E-state index contributed by atoms with van der Waals surface area (Å²) in [6, 6.07) is 4.00. The molecule has 0 fully saturated rings. The van der Waals surface area contributed by atoms with Gasteiger partial charge in [0.15, 0.2) is 0 Å². The maximum atomic E-state index is 11.9. The standard InChI is InChI=1S/C8H6AsF3N2O/c9-7-13-5-2-1-4(3-6(5)14-7)15-8(10,11)12/h1-3H,9H2,(H,13,14). The van der Waals surface area contributed by atoms with Crippen LogP contribution in [0.5, 0.6) is 5.75 Å². The van der Waals surface area contributed by atoms with Crippen LogP contribution in [-0.4, -0.2) is 33.2 Å². The monoisotopic (exact) mass is 278 g/mol. The third-order valence-corrected chi connectivity index (χ3v) is 2.28. The number of nitrogens with zero attached hydrogens (tertiary/aromatic N) is 1. The number of fused-ring (bicyclic) bond motifs is 1. The molecule has 1 heterocycles. The Morgan fingerprint density at radius 2 is 2.07 bits per heavy atom. The Labute approximate surface area is 91.1 Å². The molecule has 1 N–H and O–H groups in total. The fraction of sp³-hybridized carbons (Fsp3) is 0.125. The molecular formula is C8H6AsF3N2O. The molecule has 80 valence electrons. The van der Waals surface area contributed by atoms with Gasteiger partial charge in [0, 0.05) is 0 Å². The fourth-order valence-electron chi connectivity index (χ4n) is 1.21. The minimum absolute atomic E-state index is 0.244. The molecule has 0 aliphatic rings. The number of hydrogen-bond donors (Lipinski definition) is 1. The average Bonchev–Trinajstić information content (AvgIpc) is 2.40. The summed E-state index contributed by atoms with van der Waals surface area (Å²) in [6.45, 7) is 0. The summed E-state index contributed by atoms with van der Waals surface area (Å²) in [7, 11) is 0. The number of aromatic amines is 1. The second kappa shape index (κ2) is 3.45. The van der Waals surface area contributed by atoms with E-state index in [4.69, 9.17) is 0 Å². The summed E-state index contributed by atoms with van der Waals surface area (Å²) in [5, 5.41) is 0. The number of benzene rings is 1. The average molecular weight is 278 g/mol. The van der Waals surface area contributed by atoms with Crippen LogP contribution in [0.1, 0.15) is 0 Å². The van der Waals surface area contributed by atoms with Crippen LogP contribution in [0.3, 0.4) is 0 Å². The van der Waals surface area contributed by atoms with Gasteiger partial charge in [0.25, 0.3) is 0 Å². The van der Waals surface area contributed by atoms with Crippen molar-refractivity contribution in [2.75, 3.05) is 0 Å². The number of hydrogen-bond acceptors (Lipinski definition) is 2. The molecule has 15 heavy (non-hydrogen) atoms. The first kappa shape index (κ1) is 10.4. The molecule has 1 atom stereocenters. The van der Waals surface area contributed by atoms with Gasteiger partial charge in [0.1, 0.15) is 0 Å². The molecule has 0 saturated carbocycles. The van der Waals surface area contributed by atoms with Crippen LogP contribution >= 0.6 is 0 Å². The number of halogens is 3. The van der Waals surface area contributed by atoms with Crippen molar-refractivity contribution >= 4 is 32.5 Å². The van der Waals surface area contributed by atoms with E-state index in [1.54, 1.807) is 0 Å². The Hall–Kier alpha value is -1.16. The van der Waals surface area contributed by atoms with Gasteiger partial charge >= 0.3 is 90.7 Å². The van der Waals surface area contributed by atoms with Crippen molar-refractivity contribution in [1.82, 2.24) is 9.97 Å². The van der Waals surface area contributed by atoms with Crippen molar-refractivity contribution in [3.8, 4) is 5.75 Å². The van der Waals surface area contributed by atoms with Gasteiger partial charge in [0.2, 0.25) is 0 Å². The molecule has 3 nitrogen and oxygen atoms in total. The zero-order valence-corrected chi connectivity index (χ0v) is 9.72. The third kappa shape index (κ3) is 2.44. The molecule has 0 radical (unpaired) electrons. The number of rotatable bonds is 1. The quantitative estimate of drug-likeness (QED) is 0.781. The van der Waals surface area contributed by atoms with Crippen molar-refractivity contribution in [3.05, 3.63) is 18.2 Å². The topological polar surface area (TPSA) is 37.9 Å². The van der Waals surface area contributed by atoms with Crippen molar-refractivity contribution in [2.24, 2.45) is 0 Å². The Balaban J connectivity index is 2.38. The second-order valence-corrected chi connectivity index (χ2v) is 4.00. The first-order chi connectivity index (χ1) is 6.94. The minimum atomic E-state index is -4.66. The summed E-state index contributed by atoms with van der Waals surface area (Å²) in [6.07, 6.45) is -4.66. The zero-order chi connectivity index (χ0) is 11.1. The number of imidazole rings is 1. The van der Waals surface area contributed by atoms with Crippen LogP contribution in [-0.2, 0) is 0 Å². The number of nitrogens with one attached hydrogen (secondary N) is 1. The van der Waals surface area contributed by atoms with Crippen molar-refractivity contribution in [2.45, 2.75) is 6.36 Å². The SMILES string of the molecule is FC(F)(F)Oc1ccc2nc([AsH2])[nH]c2c1. The van der Waals surface area contributed by atoms with Gasteiger partial charge in [-0.2, -0.15) is 0 Å². The van der Waals surface area contributed by atoms with Gasteiger partial charge in [-0.05, 0) is 0 Å². The normalized spacial score (nSPS) is 12.0. The zero-order valence-electron chi connectivity index (χ0n) is 7.30. The van der Waals surface area contributed by atoms with E-state index in [1.165, 1.54) is 35.1 Å². The Morgan fingerprint density at radius 3 is 2.73 bits per heavy atom. The Kier molecular flexibility index (Phi) is 2.38. The predicted molar refractivity (Wildman–Crippen MR) is 51.0 cm³/mol. The molecule has 2 rings (SSSR count). The van der Waals surface area contributed by atoms with Crippen LogP contribution in [0.2, 0.25) is 0 Å². The number of ether oxygens (including phenoxy) is 1. The van der Waals surface area contributed by atoms with Gasteiger partial charge < -0.3 is 0 Å². The van der Waals surface area contributed by atoms with Crippen LogP contribution in [0, 0.1) is 0 Å². The van der Waals surface area contributed by atoms with Crippen molar-refractivity contribution < 1.29 is 17.9 Å². The number of aromatic nitrogens is 2. The van der Waals surface area contributed by atoms with Gasteiger partial charge in [-0.3, -0.25) is 0 Å². The molecule has 2 aromatic rings. The van der Waals surface area contributed by atoms with Crippen LogP contribution in [0.25, 0.3) is 11.0 Å². The molecule has 1 aromatic carbocycles. The van der Waals surface area contributed by atoms with Crippen LogP contribution < -0.4 is 9.35 Å². The van der Waals surface area contributed by atoms with Crippen molar-refractivity contribution in [3.63, 3.8) is 0 Å².